The molecule has 1 saturated heterocycles. The molecule has 37 heavy (non-hydrogen) atoms. The van der Waals surface area contributed by atoms with Gasteiger partial charge in [0.15, 0.2) is 5.69 Å². The largest absolute Gasteiger partial charge is 0.477 e. The van der Waals surface area contributed by atoms with Crippen LogP contribution in [0.25, 0.3) is 11.1 Å². The van der Waals surface area contributed by atoms with E-state index in [4.69, 9.17) is 10.7 Å². The molecule has 0 saturated carbocycles. The Hall–Kier alpha value is -4.32. The van der Waals surface area contributed by atoms with Crippen LogP contribution in [0.3, 0.4) is 0 Å². The molecule has 1 aromatic heterocycles. The van der Waals surface area contributed by atoms with E-state index in [1.807, 2.05) is 38.1 Å². The molecule has 0 spiro atoms. The summed E-state index contributed by atoms with van der Waals surface area (Å²) in [4.78, 5) is 18.3. The van der Waals surface area contributed by atoms with Crippen molar-refractivity contribution in [3.63, 3.8) is 0 Å². The second-order valence-electron chi connectivity index (χ2n) is 9.37. The van der Waals surface area contributed by atoms with Gasteiger partial charge in [0.25, 0.3) is 0 Å². The third-order valence-electron chi connectivity index (χ3n) is 6.43. The lowest BCUT2D eigenvalue weighted by atomic mass is 9.91. The molecular formula is C28H27F2N5O2. The Morgan fingerprint density at radius 1 is 1.14 bits per heavy atom. The maximum Gasteiger partial charge on any atom is 0.354 e. The summed E-state index contributed by atoms with van der Waals surface area (Å²) in [5, 5.41) is 30.5. The van der Waals surface area contributed by atoms with Crippen molar-refractivity contribution in [2.75, 3.05) is 23.3 Å². The van der Waals surface area contributed by atoms with Crippen LogP contribution in [0.15, 0.2) is 48.5 Å². The van der Waals surface area contributed by atoms with Gasteiger partial charge in [0.2, 0.25) is 0 Å². The molecule has 0 radical (unpaired) electrons. The van der Waals surface area contributed by atoms with E-state index in [2.05, 4.69) is 21.3 Å². The topological polar surface area (TPSA) is 113 Å². The number of pyridine rings is 1. The van der Waals surface area contributed by atoms with Gasteiger partial charge in [-0.3, -0.25) is 0 Å². The molecule has 9 heteroatoms. The van der Waals surface area contributed by atoms with Crippen LogP contribution in [0.2, 0.25) is 0 Å². The van der Waals surface area contributed by atoms with Crippen molar-refractivity contribution in [2.24, 2.45) is 11.8 Å². The summed E-state index contributed by atoms with van der Waals surface area (Å²) in [6, 6.07) is 14.2. The Kier molecular flexibility index (Phi) is 7.48. The number of hydrogen-bond acceptors (Lipinski definition) is 6. The highest BCUT2D eigenvalue weighted by atomic mass is 19.1. The number of aromatic nitrogens is 1. The number of nitriles is 1. The van der Waals surface area contributed by atoms with Crippen LogP contribution in [0.1, 0.15) is 42.7 Å². The first-order valence-corrected chi connectivity index (χ1v) is 12.0. The van der Waals surface area contributed by atoms with Crippen molar-refractivity contribution in [2.45, 2.75) is 26.7 Å². The lowest BCUT2D eigenvalue weighted by Crippen LogP contribution is -2.33. The number of rotatable bonds is 7. The molecule has 0 atom stereocenters. The smallest absolute Gasteiger partial charge is 0.354 e. The number of carboxylic acids is 1. The molecule has 2 heterocycles. The highest BCUT2D eigenvalue weighted by Crippen LogP contribution is 2.34. The number of benzene rings is 2. The predicted molar refractivity (Wildman–Crippen MR) is 138 cm³/mol. The van der Waals surface area contributed by atoms with Crippen molar-refractivity contribution in [1.82, 2.24) is 4.98 Å². The molecule has 4 rings (SSSR count). The zero-order chi connectivity index (χ0) is 26.7. The van der Waals surface area contributed by atoms with Gasteiger partial charge in [-0.05, 0) is 60.2 Å². The number of halogens is 2. The van der Waals surface area contributed by atoms with Gasteiger partial charge in [0.05, 0.1) is 6.07 Å². The fourth-order valence-electron chi connectivity index (χ4n) is 4.42. The van der Waals surface area contributed by atoms with Crippen LogP contribution in [0.4, 0.5) is 26.0 Å². The quantitative estimate of drug-likeness (QED) is 0.329. The van der Waals surface area contributed by atoms with Crippen LogP contribution in [-0.4, -0.2) is 34.9 Å². The number of piperidine rings is 1. The van der Waals surface area contributed by atoms with Crippen LogP contribution in [0.5, 0.6) is 0 Å². The number of aromatic carboxylic acids is 1. The fraction of sp³-hybridized carbons (Fsp3) is 0.286. The molecule has 2 aromatic carbocycles. The van der Waals surface area contributed by atoms with Gasteiger partial charge in [-0.2, -0.15) is 5.26 Å². The molecule has 1 fully saturated rings. The highest BCUT2D eigenvalue weighted by Gasteiger charge is 2.23. The summed E-state index contributed by atoms with van der Waals surface area (Å²) in [6.45, 7) is 5.21. The van der Waals surface area contributed by atoms with Crippen LogP contribution in [-0.2, 0) is 0 Å². The maximum atomic E-state index is 13.8. The molecule has 3 aromatic rings. The number of nitrogens with zero attached hydrogens (tertiary/aromatic N) is 3. The summed E-state index contributed by atoms with van der Waals surface area (Å²) in [5.41, 5.74) is 2.47. The van der Waals surface area contributed by atoms with E-state index >= 15 is 0 Å². The number of carboxylic acid groups (broad SMARTS) is 1. The molecule has 0 aliphatic carbocycles. The third-order valence-corrected chi connectivity index (χ3v) is 6.43. The Morgan fingerprint density at radius 3 is 2.30 bits per heavy atom. The first-order chi connectivity index (χ1) is 17.7. The van der Waals surface area contributed by atoms with Gasteiger partial charge in [0.1, 0.15) is 17.5 Å². The Bertz CT molecular complexity index is 1350. The maximum absolute atomic E-state index is 13.8. The van der Waals surface area contributed by atoms with E-state index in [0.29, 0.717) is 16.7 Å². The van der Waals surface area contributed by atoms with E-state index in [1.54, 1.807) is 0 Å². The standard InChI is InChI=1S/C28H27F2N5O2/c1-16(2)26(32)25-23(18-3-5-22(6-4-18)35-9-7-17(15-31)8-10-35)14-24(28(36)37)34-27(25)33-21-12-19(29)11-20(30)13-21/h3-6,11-14,16-17,32H,7-10H2,1-2H3,(H,33,34)(H,36,37). The molecule has 0 bridgehead atoms. The average Bonchev–Trinajstić information content (AvgIpc) is 2.87. The van der Waals surface area contributed by atoms with Gasteiger partial charge in [-0.1, -0.05) is 26.0 Å². The van der Waals surface area contributed by atoms with E-state index in [0.717, 1.165) is 49.8 Å². The minimum absolute atomic E-state index is 0.0289. The third kappa shape index (κ3) is 5.75. The summed E-state index contributed by atoms with van der Waals surface area (Å²) < 4.78 is 27.7. The van der Waals surface area contributed by atoms with Crippen LogP contribution < -0.4 is 10.2 Å². The second-order valence-corrected chi connectivity index (χ2v) is 9.37. The van der Waals surface area contributed by atoms with E-state index in [-0.39, 0.29) is 34.7 Å². The first-order valence-electron chi connectivity index (χ1n) is 12.0. The molecule has 3 N–H and O–H groups in total. The molecule has 0 amide bonds. The Labute approximate surface area is 213 Å². The first kappa shape index (κ1) is 25.8. The van der Waals surface area contributed by atoms with Gasteiger partial charge >= 0.3 is 5.97 Å². The van der Waals surface area contributed by atoms with Crippen molar-refractivity contribution in [3.05, 3.63) is 71.4 Å². The lowest BCUT2D eigenvalue weighted by molar-refractivity contribution is 0.0690. The Morgan fingerprint density at radius 2 is 1.76 bits per heavy atom. The lowest BCUT2D eigenvalue weighted by Gasteiger charge is -2.31. The number of carbonyl (C=O) groups is 1. The fourth-order valence-corrected chi connectivity index (χ4v) is 4.42. The predicted octanol–water partition coefficient (Wildman–Crippen LogP) is 6.23. The normalized spacial score (nSPS) is 13.9. The molecule has 190 valence electrons. The molecule has 1 aliphatic heterocycles. The summed E-state index contributed by atoms with van der Waals surface area (Å²) >= 11 is 0. The highest BCUT2D eigenvalue weighted by molar-refractivity contribution is 6.10. The monoisotopic (exact) mass is 503 g/mol. The second kappa shape index (κ2) is 10.7. The van der Waals surface area contributed by atoms with Crippen molar-refractivity contribution < 1.29 is 18.7 Å². The van der Waals surface area contributed by atoms with E-state index in [9.17, 15) is 18.7 Å². The molecular weight excluding hydrogens is 476 g/mol. The van der Waals surface area contributed by atoms with Crippen molar-refractivity contribution in [3.8, 4) is 17.2 Å². The van der Waals surface area contributed by atoms with Crippen molar-refractivity contribution >= 4 is 28.9 Å². The van der Waals surface area contributed by atoms with Gasteiger partial charge in [0, 0.05) is 47.7 Å². The van der Waals surface area contributed by atoms with Crippen LogP contribution in [0, 0.1) is 40.2 Å². The minimum Gasteiger partial charge on any atom is -0.477 e. The number of nitrogens with one attached hydrogen (secondary N) is 2. The van der Waals surface area contributed by atoms with E-state index in [1.165, 1.54) is 6.07 Å². The molecule has 1 aliphatic rings. The minimum atomic E-state index is -1.27. The van der Waals surface area contributed by atoms with Crippen LogP contribution >= 0.6 is 0 Å². The SMILES string of the molecule is CC(C)C(=N)c1c(-c2ccc(N3CCC(C#N)CC3)cc2)cc(C(=O)O)nc1Nc1cc(F)cc(F)c1. The van der Waals surface area contributed by atoms with Gasteiger partial charge in [-0.15, -0.1) is 0 Å². The number of hydrogen-bond donors (Lipinski definition) is 3. The van der Waals surface area contributed by atoms with Gasteiger partial charge in [-0.25, -0.2) is 18.6 Å². The molecule has 7 nitrogen and oxygen atoms in total. The van der Waals surface area contributed by atoms with Gasteiger partial charge < -0.3 is 20.7 Å². The summed E-state index contributed by atoms with van der Waals surface area (Å²) in [6.07, 6.45) is 1.60. The molecule has 0 unspecified atom stereocenters. The zero-order valence-electron chi connectivity index (χ0n) is 20.6. The average molecular weight is 504 g/mol. The summed E-state index contributed by atoms with van der Waals surface area (Å²) in [5.74, 6) is -3.00. The van der Waals surface area contributed by atoms with Crippen molar-refractivity contribution in [1.29, 1.82) is 10.7 Å². The number of anilines is 3. The summed E-state index contributed by atoms with van der Waals surface area (Å²) in [7, 11) is 0. The van der Waals surface area contributed by atoms with E-state index < -0.39 is 17.6 Å². The Balaban J connectivity index is 1.79. The zero-order valence-corrected chi connectivity index (χ0v) is 20.6.